The smallest absolute Gasteiger partial charge is 0.412 e. The van der Waals surface area contributed by atoms with Crippen molar-refractivity contribution >= 4 is 17.9 Å². The molecule has 0 spiro atoms. The van der Waals surface area contributed by atoms with Gasteiger partial charge in [-0.3, -0.25) is 14.9 Å². The summed E-state index contributed by atoms with van der Waals surface area (Å²) in [5.74, 6) is 0. The van der Waals surface area contributed by atoms with Crippen LogP contribution in [0, 0.1) is 0 Å². The number of cyclic esters (lactones) is 1. The fraction of sp³-hybridized carbons (Fsp3) is 0.600. The standard InChI is InChI=1S/C23H34N6O5.C2H6/c1-15(24)20-19(14-30)33-22(32)29(20)11-6-5-10-28-13-18(26-27-28)16-8-7-9-17(12-16)25-21(31)34-23(2,3)4;1-2/h7-9,12-13,15,19-20,30H,5-6,10-11,14,24H2,1-4H3,(H,25,31);1-2H3/t15?,19?,20-;/m1./s1. The Hall–Kier alpha value is -3.18. The quantitative estimate of drug-likeness (QED) is 0.439. The van der Waals surface area contributed by atoms with E-state index in [1.165, 1.54) is 0 Å². The SMILES string of the molecule is CC.CC(N)[C@@H]1C(CO)OC(=O)N1CCCCn1cc(-c2cccc(NC(=O)OC(C)(C)C)c2)nn1. The largest absolute Gasteiger partial charge is 0.444 e. The number of rotatable bonds is 9. The lowest BCUT2D eigenvalue weighted by Gasteiger charge is -2.26. The summed E-state index contributed by atoms with van der Waals surface area (Å²) < 4.78 is 12.2. The minimum absolute atomic E-state index is 0.245. The molecular weight excluding hydrogens is 464 g/mol. The van der Waals surface area contributed by atoms with Gasteiger partial charge >= 0.3 is 12.2 Å². The number of aliphatic hydroxyl groups excluding tert-OH is 1. The van der Waals surface area contributed by atoms with Crippen molar-refractivity contribution in [3.63, 3.8) is 0 Å². The first kappa shape index (κ1) is 29.1. The van der Waals surface area contributed by atoms with Gasteiger partial charge in [0.25, 0.3) is 0 Å². The molecular formula is C25H40N6O5. The number of carbonyl (C=O) groups is 2. The number of nitrogens with two attached hydrogens (primary N) is 1. The zero-order valence-corrected chi connectivity index (χ0v) is 22.1. The highest BCUT2D eigenvalue weighted by Gasteiger charge is 2.42. The number of carbonyl (C=O) groups excluding carboxylic acids is 2. The molecule has 1 fully saturated rings. The number of benzene rings is 1. The van der Waals surface area contributed by atoms with Crippen molar-refractivity contribution in [1.29, 1.82) is 0 Å². The summed E-state index contributed by atoms with van der Waals surface area (Å²) in [7, 11) is 0. The number of nitrogens with zero attached hydrogens (tertiary/aromatic N) is 4. The molecule has 3 rings (SSSR count). The van der Waals surface area contributed by atoms with Crippen molar-refractivity contribution in [2.24, 2.45) is 5.73 Å². The van der Waals surface area contributed by atoms with Gasteiger partial charge in [0.05, 0.1) is 18.8 Å². The van der Waals surface area contributed by atoms with E-state index in [4.69, 9.17) is 15.2 Å². The van der Waals surface area contributed by atoms with Gasteiger partial charge in [-0.15, -0.1) is 5.10 Å². The van der Waals surface area contributed by atoms with E-state index in [0.29, 0.717) is 24.5 Å². The van der Waals surface area contributed by atoms with Crippen LogP contribution in [-0.2, 0) is 16.0 Å². The van der Waals surface area contributed by atoms with E-state index in [-0.39, 0.29) is 18.7 Å². The number of aliphatic hydroxyl groups is 1. The van der Waals surface area contributed by atoms with Crippen molar-refractivity contribution in [2.45, 2.75) is 84.7 Å². The number of hydrogen-bond donors (Lipinski definition) is 3. The van der Waals surface area contributed by atoms with Crippen LogP contribution in [0.4, 0.5) is 15.3 Å². The predicted octanol–water partition coefficient (Wildman–Crippen LogP) is 3.63. The minimum atomic E-state index is -0.592. The summed E-state index contributed by atoms with van der Waals surface area (Å²) in [6, 6.07) is 6.66. The Kier molecular flexibility index (Phi) is 10.7. The van der Waals surface area contributed by atoms with Crippen LogP contribution in [0.3, 0.4) is 0 Å². The van der Waals surface area contributed by atoms with Crippen molar-refractivity contribution in [1.82, 2.24) is 19.9 Å². The minimum Gasteiger partial charge on any atom is -0.444 e. The fourth-order valence-corrected chi connectivity index (χ4v) is 3.87. The number of aryl methyl sites for hydroxylation is 1. The van der Waals surface area contributed by atoms with E-state index in [2.05, 4.69) is 15.6 Å². The number of hydrogen-bond acceptors (Lipinski definition) is 8. The van der Waals surface area contributed by atoms with Crippen molar-refractivity contribution in [3.8, 4) is 11.3 Å². The molecule has 1 aromatic carbocycles. The summed E-state index contributed by atoms with van der Waals surface area (Å²) in [5.41, 5.74) is 7.51. The Morgan fingerprint density at radius 1 is 1.28 bits per heavy atom. The predicted molar refractivity (Wildman–Crippen MR) is 137 cm³/mol. The van der Waals surface area contributed by atoms with Gasteiger partial charge in [-0.1, -0.05) is 31.2 Å². The van der Waals surface area contributed by atoms with Crippen LogP contribution in [0.15, 0.2) is 30.5 Å². The lowest BCUT2D eigenvalue weighted by atomic mass is 10.0. The van der Waals surface area contributed by atoms with E-state index in [1.807, 2.05) is 38.2 Å². The molecule has 1 aromatic heterocycles. The summed E-state index contributed by atoms with van der Waals surface area (Å²) >= 11 is 0. The maximum atomic E-state index is 12.1. The second-order valence-corrected chi connectivity index (χ2v) is 9.43. The lowest BCUT2D eigenvalue weighted by molar-refractivity contribution is 0.0635. The lowest BCUT2D eigenvalue weighted by Crippen LogP contribution is -2.49. The maximum absolute atomic E-state index is 12.1. The highest BCUT2D eigenvalue weighted by atomic mass is 16.6. The molecule has 2 amide bonds. The first-order valence-corrected chi connectivity index (χ1v) is 12.4. The van der Waals surface area contributed by atoms with Crippen LogP contribution in [0.2, 0.25) is 0 Å². The van der Waals surface area contributed by atoms with E-state index >= 15 is 0 Å². The molecule has 0 saturated carbocycles. The van der Waals surface area contributed by atoms with Crippen LogP contribution in [0.5, 0.6) is 0 Å². The molecule has 36 heavy (non-hydrogen) atoms. The van der Waals surface area contributed by atoms with Crippen molar-refractivity contribution in [3.05, 3.63) is 30.5 Å². The Morgan fingerprint density at radius 2 is 1.97 bits per heavy atom. The Balaban J connectivity index is 0.00000222. The van der Waals surface area contributed by atoms with Crippen molar-refractivity contribution in [2.75, 3.05) is 18.5 Å². The Labute approximate surface area is 212 Å². The number of unbranched alkanes of at least 4 members (excludes halogenated alkanes) is 1. The molecule has 0 radical (unpaired) electrons. The first-order chi connectivity index (χ1) is 17.1. The van der Waals surface area contributed by atoms with Crippen LogP contribution in [0.1, 0.15) is 54.4 Å². The molecule has 2 heterocycles. The van der Waals surface area contributed by atoms with Gasteiger partial charge in [0.1, 0.15) is 17.4 Å². The number of anilines is 1. The number of ether oxygens (including phenoxy) is 2. The Bertz CT molecular complexity index is 987. The van der Waals surface area contributed by atoms with Gasteiger partial charge in [-0.25, -0.2) is 9.59 Å². The van der Waals surface area contributed by atoms with Crippen LogP contribution in [0.25, 0.3) is 11.3 Å². The third kappa shape index (κ3) is 8.20. The number of nitrogens with one attached hydrogen (secondary N) is 1. The zero-order valence-electron chi connectivity index (χ0n) is 22.1. The maximum Gasteiger partial charge on any atom is 0.412 e. The molecule has 1 aliphatic rings. The number of amides is 2. The summed E-state index contributed by atoms with van der Waals surface area (Å²) in [4.78, 5) is 25.7. The highest BCUT2D eigenvalue weighted by Crippen LogP contribution is 2.23. The van der Waals surface area contributed by atoms with Crippen LogP contribution < -0.4 is 11.1 Å². The van der Waals surface area contributed by atoms with Gasteiger partial charge < -0.3 is 20.3 Å². The summed E-state index contributed by atoms with van der Waals surface area (Å²) in [5, 5.41) is 20.6. The van der Waals surface area contributed by atoms with Gasteiger partial charge in [0, 0.05) is 30.4 Å². The summed E-state index contributed by atoms with van der Waals surface area (Å²) in [6.45, 7) is 12.1. The molecule has 1 aliphatic heterocycles. The third-order valence-electron chi connectivity index (χ3n) is 5.32. The summed E-state index contributed by atoms with van der Waals surface area (Å²) in [6.07, 6.45) is 1.77. The Morgan fingerprint density at radius 3 is 2.61 bits per heavy atom. The highest BCUT2D eigenvalue weighted by molar-refractivity contribution is 5.86. The zero-order chi connectivity index (χ0) is 26.9. The molecule has 2 unspecified atom stereocenters. The van der Waals surface area contributed by atoms with E-state index in [1.54, 1.807) is 43.3 Å². The van der Waals surface area contributed by atoms with Gasteiger partial charge in [-0.05, 0) is 52.7 Å². The second kappa shape index (κ2) is 13.2. The molecule has 2 aromatic rings. The molecule has 200 valence electrons. The van der Waals surface area contributed by atoms with Gasteiger partial charge in [-0.2, -0.15) is 0 Å². The van der Waals surface area contributed by atoms with Gasteiger partial charge in [0.15, 0.2) is 0 Å². The average Bonchev–Trinajstić information content (AvgIpc) is 3.41. The molecule has 11 heteroatoms. The van der Waals surface area contributed by atoms with E-state index in [9.17, 15) is 14.7 Å². The fourth-order valence-electron chi connectivity index (χ4n) is 3.87. The van der Waals surface area contributed by atoms with Crippen LogP contribution in [-0.4, -0.2) is 74.1 Å². The third-order valence-corrected chi connectivity index (χ3v) is 5.32. The monoisotopic (exact) mass is 504 g/mol. The molecule has 4 N–H and O–H groups in total. The second-order valence-electron chi connectivity index (χ2n) is 9.43. The molecule has 0 bridgehead atoms. The van der Waals surface area contributed by atoms with Crippen molar-refractivity contribution < 1.29 is 24.2 Å². The van der Waals surface area contributed by atoms with Crippen LogP contribution >= 0.6 is 0 Å². The molecule has 1 saturated heterocycles. The van der Waals surface area contributed by atoms with E-state index < -0.39 is 23.9 Å². The first-order valence-electron chi connectivity index (χ1n) is 12.4. The van der Waals surface area contributed by atoms with Gasteiger partial charge in [0.2, 0.25) is 0 Å². The topological polar surface area (TPSA) is 145 Å². The number of aromatic nitrogens is 3. The molecule has 11 nitrogen and oxygen atoms in total. The average molecular weight is 505 g/mol. The normalized spacial score (nSPS) is 18.2. The molecule has 3 atom stereocenters. The van der Waals surface area contributed by atoms with E-state index in [0.717, 1.165) is 18.4 Å². The molecule has 0 aliphatic carbocycles.